The molecule has 0 atom stereocenters. The van der Waals surface area contributed by atoms with Gasteiger partial charge in [-0.15, -0.1) is 0 Å². The molecule has 0 aromatic rings. The van der Waals surface area contributed by atoms with Crippen LogP contribution in [0.5, 0.6) is 0 Å². The van der Waals surface area contributed by atoms with Crippen molar-refractivity contribution in [2.75, 3.05) is 0 Å². The van der Waals surface area contributed by atoms with Gasteiger partial charge in [-0.1, -0.05) is 20.8 Å². The first-order chi connectivity index (χ1) is 7.26. The molecule has 0 saturated heterocycles. The largest absolute Gasteiger partial charge is 0.512 e. The number of aliphatic hydroxyl groups is 1. The molecule has 0 radical (unpaired) electrons. The standard InChI is InChI=1S/C13H26O3Si/c1-12(2,3)10(14)9-11(15)13(4,5)16-17(6,7)8/h9,14H,1-8H3/b10-9-. The quantitative estimate of drug-likeness (QED) is 0.475. The number of carbonyl (C=O) groups is 1. The van der Waals surface area contributed by atoms with Gasteiger partial charge in [-0.3, -0.25) is 4.79 Å². The number of allylic oxidation sites excluding steroid dienone is 1. The first kappa shape index (κ1) is 16.4. The maximum absolute atomic E-state index is 12.1. The van der Waals surface area contributed by atoms with E-state index in [9.17, 15) is 9.90 Å². The van der Waals surface area contributed by atoms with Gasteiger partial charge in [0, 0.05) is 11.5 Å². The lowest BCUT2D eigenvalue weighted by Gasteiger charge is -2.31. The molecule has 0 heterocycles. The smallest absolute Gasteiger partial charge is 0.189 e. The Balaban J connectivity index is 4.95. The van der Waals surface area contributed by atoms with Crippen LogP contribution in [-0.4, -0.2) is 24.8 Å². The summed E-state index contributed by atoms with van der Waals surface area (Å²) in [7, 11) is -1.78. The van der Waals surface area contributed by atoms with Gasteiger partial charge in [0.25, 0.3) is 0 Å². The molecule has 0 aliphatic rings. The number of rotatable bonds is 4. The fraction of sp³-hybridized carbons (Fsp3) is 0.769. The predicted molar refractivity (Wildman–Crippen MR) is 73.7 cm³/mol. The van der Waals surface area contributed by atoms with Crippen LogP contribution in [0.25, 0.3) is 0 Å². The van der Waals surface area contributed by atoms with Crippen molar-refractivity contribution in [3.05, 3.63) is 11.8 Å². The van der Waals surface area contributed by atoms with E-state index in [1.54, 1.807) is 13.8 Å². The molecular weight excluding hydrogens is 232 g/mol. The number of aliphatic hydroxyl groups excluding tert-OH is 1. The number of hydrogen-bond acceptors (Lipinski definition) is 3. The minimum atomic E-state index is -1.78. The zero-order valence-electron chi connectivity index (χ0n) is 12.3. The van der Waals surface area contributed by atoms with Crippen molar-refractivity contribution < 1.29 is 14.3 Å². The molecule has 0 aliphatic carbocycles. The van der Waals surface area contributed by atoms with Gasteiger partial charge >= 0.3 is 0 Å². The fourth-order valence-electron chi connectivity index (χ4n) is 1.33. The predicted octanol–water partition coefficient (Wildman–Crippen LogP) is 3.67. The highest BCUT2D eigenvalue weighted by Gasteiger charge is 2.33. The van der Waals surface area contributed by atoms with E-state index in [-0.39, 0.29) is 11.5 Å². The molecular formula is C13H26O3Si. The zero-order chi connectivity index (χ0) is 14.1. The molecule has 0 unspecified atom stereocenters. The first-order valence-corrected chi connectivity index (χ1v) is 9.32. The molecule has 0 amide bonds. The molecule has 0 spiro atoms. The summed E-state index contributed by atoms with van der Waals surface area (Å²) in [6.45, 7) is 15.2. The van der Waals surface area contributed by atoms with E-state index in [1.807, 2.05) is 40.4 Å². The van der Waals surface area contributed by atoms with Crippen LogP contribution in [0.15, 0.2) is 11.8 Å². The Morgan fingerprint density at radius 1 is 1.12 bits per heavy atom. The van der Waals surface area contributed by atoms with Crippen molar-refractivity contribution in [2.45, 2.75) is 59.9 Å². The molecule has 0 rings (SSSR count). The van der Waals surface area contributed by atoms with Crippen LogP contribution < -0.4 is 0 Å². The second-order valence-corrected chi connectivity index (χ2v) is 11.3. The van der Waals surface area contributed by atoms with Crippen molar-refractivity contribution in [1.82, 2.24) is 0 Å². The Kier molecular flexibility index (Phi) is 4.76. The van der Waals surface area contributed by atoms with E-state index >= 15 is 0 Å². The van der Waals surface area contributed by atoms with E-state index in [1.165, 1.54) is 6.08 Å². The van der Waals surface area contributed by atoms with Gasteiger partial charge in [-0.2, -0.15) is 0 Å². The van der Waals surface area contributed by atoms with Gasteiger partial charge in [0.1, 0.15) is 11.4 Å². The Bertz CT molecular complexity index is 317. The molecule has 0 bridgehead atoms. The molecule has 0 aromatic heterocycles. The summed E-state index contributed by atoms with van der Waals surface area (Å²) in [6.07, 6.45) is 1.29. The van der Waals surface area contributed by atoms with Gasteiger partial charge in [0.2, 0.25) is 0 Å². The maximum atomic E-state index is 12.1. The second kappa shape index (κ2) is 4.94. The van der Waals surface area contributed by atoms with Crippen LogP contribution in [0.2, 0.25) is 19.6 Å². The van der Waals surface area contributed by atoms with Gasteiger partial charge in [-0.25, -0.2) is 0 Å². The normalized spacial score (nSPS) is 14.9. The Labute approximate surface area is 106 Å². The highest BCUT2D eigenvalue weighted by molar-refractivity contribution is 6.70. The molecule has 0 aliphatic heterocycles. The summed E-state index contributed by atoms with van der Waals surface area (Å²) in [5.74, 6) is -0.0953. The van der Waals surface area contributed by atoms with Crippen LogP contribution in [-0.2, 0) is 9.22 Å². The number of ketones is 1. The lowest BCUT2D eigenvalue weighted by atomic mass is 9.91. The van der Waals surface area contributed by atoms with E-state index in [2.05, 4.69) is 0 Å². The second-order valence-electron chi connectivity index (χ2n) is 6.87. The molecule has 0 saturated carbocycles. The number of carbonyl (C=O) groups excluding carboxylic acids is 1. The molecule has 100 valence electrons. The summed E-state index contributed by atoms with van der Waals surface area (Å²) in [5, 5.41) is 9.81. The monoisotopic (exact) mass is 258 g/mol. The molecule has 4 heteroatoms. The van der Waals surface area contributed by atoms with E-state index in [4.69, 9.17) is 4.43 Å². The summed E-state index contributed by atoms with van der Waals surface area (Å²) < 4.78 is 5.83. The van der Waals surface area contributed by atoms with Crippen molar-refractivity contribution in [3.63, 3.8) is 0 Å². The summed E-state index contributed by atoms with van der Waals surface area (Å²) >= 11 is 0. The summed E-state index contributed by atoms with van der Waals surface area (Å²) in [5.41, 5.74) is -1.28. The van der Waals surface area contributed by atoms with Crippen LogP contribution in [0.1, 0.15) is 34.6 Å². The average molecular weight is 258 g/mol. The zero-order valence-corrected chi connectivity index (χ0v) is 13.3. The van der Waals surface area contributed by atoms with Crippen molar-refractivity contribution >= 4 is 14.1 Å². The van der Waals surface area contributed by atoms with Gasteiger partial charge < -0.3 is 9.53 Å². The maximum Gasteiger partial charge on any atom is 0.189 e. The van der Waals surface area contributed by atoms with Crippen LogP contribution >= 0.6 is 0 Å². The molecule has 17 heavy (non-hydrogen) atoms. The third kappa shape index (κ3) is 6.03. The minimum absolute atomic E-state index is 0.0924. The third-order valence-electron chi connectivity index (χ3n) is 2.19. The summed E-state index contributed by atoms with van der Waals surface area (Å²) in [6, 6.07) is 0. The van der Waals surface area contributed by atoms with E-state index in [0.29, 0.717) is 0 Å². The Hall–Kier alpha value is -0.613. The molecule has 0 fully saturated rings. The van der Waals surface area contributed by atoms with Gasteiger partial charge in [0.05, 0.1) is 0 Å². The molecule has 0 aromatic carbocycles. The highest BCUT2D eigenvalue weighted by atomic mass is 28.4. The Morgan fingerprint density at radius 2 is 1.53 bits per heavy atom. The molecule has 1 N–H and O–H groups in total. The van der Waals surface area contributed by atoms with Crippen LogP contribution in [0.3, 0.4) is 0 Å². The average Bonchev–Trinajstić information content (AvgIpc) is 1.96. The van der Waals surface area contributed by atoms with E-state index in [0.717, 1.165) is 0 Å². The SMILES string of the molecule is CC(C)(O[Si](C)(C)C)C(=O)/C=C(\O)C(C)(C)C. The topological polar surface area (TPSA) is 46.5 Å². The van der Waals surface area contributed by atoms with Gasteiger partial charge in [0.15, 0.2) is 14.1 Å². The minimum Gasteiger partial charge on any atom is -0.512 e. The number of hydrogen-bond donors (Lipinski definition) is 1. The summed E-state index contributed by atoms with van der Waals surface area (Å²) in [4.78, 5) is 12.1. The van der Waals surface area contributed by atoms with Crippen molar-refractivity contribution in [1.29, 1.82) is 0 Å². The lowest BCUT2D eigenvalue weighted by molar-refractivity contribution is -0.127. The van der Waals surface area contributed by atoms with Crippen molar-refractivity contribution in [3.8, 4) is 0 Å². The third-order valence-corrected chi connectivity index (χ3v) is 3.31. The van der Waals surface area contributed by atoms with Gasteiger partial charge in [-0.05, 0) is 33.5 Å². The first-order valence-electron chi connectivity index (χ1n) is 5.91. The van der Waals surface area contributed by atoms with E-state index < -0.39 is 19.3 Å². The van der Waals surface area contributed by atoms with Crippen LogP contribution in [0, 0.1) is 5.41 Å². The fourth-order valence-corrected chi connectivity index (χ4v) is 2.96. The van der Waals surface area contributed by atoms with Crippen molar-refractivity contribution in [2.24, 2.45) is 5.41 Å². The van der Waals surface area contributed by atoms with Crippen LogP contribution in [0.4, 0.5) is 0 Å². The molecule has 3 nitrogen and oxygen atoms in total. The Morgan fingerprint density at radius 3 is 1.82 bits per heavy atom. The lowest BCUT2D eigenvalue weighted by Crippen LogP contribution is -2.43. The highest BCUT2D eigenvalue weighted by Crippen LogP contribution is 2.25.